The summed E-state index contributed by atoms with van der Waals surface area (Å²) in [6.07, 6.45) is 0. The maximum atomic E-state index is 12.5. The molecule has 0 radical (unpaired) electrons. The normalized spacial score (nSPS) is 10.9. The lowest BCUT2D eigenvalue weighted by Gasteiger charge is -2.09. The van der Waals surface area contributed by atoms with Gasteiger partial charge >= 0.3 is 6.61 Å². The zero-order valence-electron chi connectivity index (χ0n) is 13.4. The fraction of sp³-hybridized carbons (Fsp3) is 0.167. The third-order valence-corrected chi connectivity index (χ3v) is 3.59. The molecule has 0 bridgehead atoms. The van der Waals surface area contributed by atoms with E-state index >= 15 is 0 Å². The first-order valence-corrected chi connectivity index (χ1v) is 7.27. The number of halogens is 2. The van der Waals surface area contributed by atoms with Gasteiger partial charge in [-0.1, -0.05) is 0 Å². The second-order valence-electron chi connectivity index (χ2n) is 5.08. The maximum absolute atomic E-state index is 12.5. The molecule has 0 amide bonds. The summed E-state index contributed by atoms with van der Waals surface area (Å²) in [6, 6.07) is 10.3. The number of hydrogen-bond acceptors (Lipinski definition) is 5. The van der Waals surface area contributed by atoms with Crippen molar-refractivity contribution in [3.8, 4) is 28.6 Å². The monoisotopic (exact) mass is 348 g/mol. The van der Waals surface area contributed by atoms with Crippen LogP contribution in [0.4, 0.5) is 8.78 Å². The lowest BCUT2D eigenvalue weighted by molar-refractivity contribution is -0.0498. The van der Waals surface area contributed by atoms with Crippen LogP contribution in [-0.4, -0.2) is 20.8 Å². The molecule has 3 rings (SSSR count). The minimum atomic E-state index is -2.90. The van der Waals surface area contributed by atoms with Gasteiger partial charge in [-0.3, -0.25) is 4.79 Å². The summed E-state index contributed by atoms with van der Waals surface area (Å²) in [7, 11) is 2.94. The molecule has 0 atom stereocenters. The van der Waals surface area contributed by atoms with Gasteiger partial charge in [-0.15, -0.1) is 0 Å². The Labute approximate surface area is 141 Å². The van der Waals surface area contributed by atoms with E-state index in [1.807, 2.05) is 0 Å². The molecule has 0 fully saturated rings. The summed E-state index contributed by atoms with van der Waals surface area (Å²) in [4.78, 5) is 12.5. The molecule has 0 saturated carbocycles. The van der Waals surface area contributed by atoms with Crippen LogP contribution in [-0.2, 0) is 0 Å². The summed E-state index contributed by atoms with van der Waals surface area (Å²) < 4.78 is 44.9. The largest absolute Gasteiger partial charge is 0.496 e. The SMILES string of the molecule is COc1cc(OC)c2c(=O)cc(-c3ccc(OC(F)F)cc3)oc2c1. The molecule has 0 aliphatic heterocycles. The van der Waals surface area contributed by atoms with Gasteiger partial charge in [-0.25, -0.2) is 0 Å². The number of rotatable bonds is 5. The number of methoxy groups -OCH3 is 2. The van der Waals surface area contributed by atoms with E-state index < -0.39 is 6.61 Å². The Kier molecular flexibility index (Phi) is 4.56. The zero-order chi connectivity index (χ0) is 18.0. The Morgan fingerprint density at radius 2 is 1.68 bits per heavy atom. The molecular formula is C18H14F2O5. The number of alkyl halides is 2. The van der Waals surface area contributed by atoms with Crippen LogP contribution in [0.15, 0.2) is 51.7 Å². The number of fused-ring (bicyclic) bond motifs is 1. The lowest BCUT2D eigenvalue weighted by atomic mass is 10.1. The van der Waals surface area contributed by atoms with Crippen molar-refractivity contribution >= 4 is 11.0 Å². The van der Waals surface area contributed by atoms with Gasteiger partial charge < -0.3 is 18.6 Å². The molecular weight excluding hydrogens is 334 g/mol. The first-order chi connectivity index (χ1) is 12.0. The van der Waals surface area contributed by atoms with Crippen LogP contribution in [0.3, 0.4) is 0 Å². The molecule has 0 spiro atoms. The van der Waals surface area contributed by atoms with Gasteiger partial charge in [-0.05, 0) is 24.3 Å². The van der Waals surface area contributed by atoms with Crippen molar-refractivity contribution in [2.75, 3.05) is 14.2 Å². The van der Waals surface area contributed by atoms with Crippen LogP contribution in [0.25, 0.3) is 22.3 Å². The van der Waals surface area contributed by atoms with Crippen molar-refractivity contribution in [1.29, 1.82) is 0 Å². The Morgan fingerprint density at radius 3 is 2.28 bits per heavy atom. The molecule has 0 aliphatic carbocycles. The van der Waals surface area contributed by atoms with Crippen LogP contribution < -0.4 is 19.6 Å². The number of hydrogen-bond donors (Lipinski definition) is 0. The van der Waals surface area contributed by atoms with E-state index in [2.05, 4.69) is 4.74 Å². The van der Waals surface area contributed by atoms with Gasteiger partial charge in [0.15, 0.2) is 5.43 Å². The molecule has 5 nitrogen and oxygen atoms in total. The fourth-order valence-electron chi connectivity index (χ4n) is 2.45. The smallest absolute Gasteiger partial charge is 0.387 e. The quantitative estimate of drug-likeness (QED) is 0.695. The average Bonchev–Trinajstić information content (AvgIpc) is 2.60. The Morgan fingerprint density at radius 1 is 0.960 bits per heavy atom. The molecule has 1 heterocycles. The summed E-state index contributed by atoms with van der Waals surface area (Å²) in [6.45, 7) is -2.90. The van der Waals surface area contributed by atoms with Gasteiger partial charge in [0.25, 0.3) is 0 Å². The minimum absolute atomic E-state index is 0.0187. The molecule has 3 aromatic rings. The van der Waals surface area contributed by atoms with Crippen molar-refractivity contribution in [2.24, 2.45) is 0 Å². The van der Waals surface area contributed by atoms with E-state index in [0.29, 0.717) is 28.0 Å². The minimum Gasteiger partial charge on any atom is -0.496 e. The molecule has 7 heteroatoms. The highest BCUT2D eigenvalue weighted by atomic mass is 19.3. The fourth-order valence-corrected chi connectivity index (χ4v) is 2.45. The second kappa shape index (κ2) is 6.80. The topological polar surface area (TPSA) is 57.9 Å². The molecule has 0 unspecified atom stereocenters. The van der Waals surface area contributed by atoms with Crippen LogP contribution in [0.2, 0.25) is 0 Å². The molecule has 1 aromatic heterocycles. The Bertz CT molecular complexity index is 948. The van der Waals surface area contributed by atoms with E-state index in [1.54, 1.807) is 12.1 Å². The molecule has 2 aromatic carbocycles. The summed E-state index contributed by atoms with van der Waals surface area (Å²) in [5.74, 6) is 1.13. The summed E-state index contributed by atoms with van der Waals surface area (Å²) in [5.41, 5.74) is 0.553. The third-order valence-electron chi connectivity index (χ3n) is 3.59. The summed E-state index contributed by atoms with van der Waals surface area (Å²) in [5, 5.41) is 0.296. The maximum Gasteiger partial charge on any atom is 0.387 e. The Hall–Kier alpha value is -3.09. The van der Waals surface area contributed by atoms with E-state index in [0.717, 1.165) is 0 Å². The van der Waals surface area contributed by atoms with Gasteiger partial charge in [-0.2, -0.15) is 8.78 Å². The van der Waals surface area contributed by atoms with Gasteiger partial charge in [0, 0.05) is 23.8 Å². The molecule has 0 saturated heterocycles. The van der Waals surface area contributed by atoms with Gasteiger partial charge in [0.2, 0.25) is 0 Å². The molecule has 130 valence electrons. The highest BCUT2D eigenvalue weighted by Crippen LogP contribution is 2.32. The first-order valence-electron chi connectivity index (χ1n) is 7.27. The van der Waals surface area contributed by atoms with E-state index in [1.165, 1.54) is 44.6 Å². The van der Waals surface area contributed by atoms with E-state index in [4.69, 9.17) is 13.9 Å². The molecule has 0 N–H and O–H groups in total. The van der Waals surface area contributed by atoms with Crippen LogP contribution in [0.1, 0.15) is 0 Å². The Balaban J connectivity index is 2.10. The van der Waals surface area contributed by atoms with Crippen LogP contribution in [0, 0.1) is 0 Å². The third kappa shape index (κ3) is 3.40. The first kappa shape index (κ1) is 16.8. The highest BCUT2D eigenvalue weighted by Gasteiger charge is 2.14. The van der Waals surface area contributed by atoms with Crippen molar-refractivity contribution in [2.45, 2.75) is 6.61 Å². The van der Waals surface area contributed by atoms with Crippen molar-refractivity contribution in [1.82, 2.24) is 0 Å². The standard InChI is InChI=1S/C18H14F2O5/c1-22-12-7-15(23-2)17-13(21)9-14(25-16(17)8-12)10-3-5-11(6-4-10)24-18(19)20/h3-9,18H,1-2H3. The number of benzene rings is 2. The summed E-state index contributed by atoms with van der Waals surface area (Å²) >= 11 is 0. The van der Waals surface area contributed by atoms with Gasteiger partial charge in [0.05, 0.1) is 14.2 Å². The van der Waals surface area contributed by atoms with Gasteiger partial charge in [0.1, 0.15) is 34.0 Å². The zero-order valence-corrected chi connectivity index (χ0v) is 13.4. The van der Waals surface area contributed by atoms with Crippen molar-refractivity contribution in [3.63, 3.8) is 0 Å². The van der Waals surface area contributed by atoms with Crippen LogP contribution in [0.5, 0.6) is 17.2 Å². The second-order valence-corrected chi connectivity index (χ2v) is 5.08. The molecule has 0 aliphatic rings. The predicted molar refractivity (Wildman–Crippen MR) is 87.7 cm³/mol. The van der Waals surface area contributed by atoms with Crippen molar-refractivity contribution in [3.05, 3.63) is 52.7 Å². The average molecular weight is 348 g/mol. The highest BCUT2D eigenvalue weighted by molar-refractivity contribution is 5.86. The lowest BCUT2D eigenvalue weighted by Crippen LogP contribution is -2.03. The molecule has 25 heavy (non-hydrogen) atoms. The van der Waals surface area contributed by atoms with E-state index in [9.17, 15) is 13.6 Å². The van der Waals surface area contributed by atoms with Crippen molar-refractivity contribution < 1.29 is 27.4 Å². The van der Waals surface area contributed by atoms with Crippen LogP contribution >= 0.6 is 0 Å². The number of ether oxygens (including phenoxy) is 3. The van der Waals surface area contributed by atoms with E-state index in [-0.39, 0.29) is 16.9 Å². The predicted octanol–water partition coefficient (Wildman–Crippen LogP) is 4.08.